The van der Waals surface area contributed by atoms with Crippen LogP contribution in [0.2, 0.25) is 5.02 Å². The lowest BCUT2D eigenvalue weighted by atomic mass is 9.70. The quantitative estimate of drug-likeness (QED) is 0.0353. The second-order valence-electron chi connectivity index (χ2n) is 34.9. The van der Waals surface area contributed by atoms with E-state index in [0.29, 0.717) is 0 Å². The van der Waals surface area contributed by atoms with Crippen molar-refractivity contribution in [2.75, 3.05) is 0 Å². The van der Waals surface area contributed by atoms with Crippen LogP contribution in [0, 0.1) is 13.8 Å². The van der Waals surface area contributed by atoms with E-state index in [0.717, 1.165) is 10.6 Å². The molecule has 0 spiro atoms. The van der Waals surface area contributed by atoms with Crippen LogP contribution in [0.4, 0.5) is 0 Å². The molecule has 109 heavy (non-hydrogen) atoms. The summed E-state index contributed by atoms with van der Waals surface area (Å²) < 4.78 is 0. The zero-order chi connectivity index (χ0) is 75.4. The van der Waals surface area contributed by atoms with Gasteiger partial charge in [0.2, 0.25) is 0 Å². The number of unbranched alkanes of at least 4 members (excludes halogenated alkanes) is 20. The Bertz CT molecular complexity index is 5030. The van der Waals surface area contributed by atoms with Crippen LogP contribution in [-0.2, 0) is 21.7 Å². The van der Waals surface area contributed by atoms with Crippen molar-refractivity contribution in [3.05, 3.63) is 273 Å². The summed E-state index contributed by atoms with van der Waals surface area (Å²) in [5.74, 6) is 0. The normalized spacial score (nSPS) is 14.6. The molecule has 0 aliphatic heterocycles. The Morgan fingerprint density at radius 3 is 0.771 bits per heavy atom. The topological polar surface area (TPSA) is 0 Å². The van der Waals surface area contributed by atoms with Gasteiger partial charge in [-0.3, -0.25) is 0 Å². The van der Waals surface area contributed by atoms with Crippen molar-refractivity contribution in [2.24, 2.45) is 0 Å². The third-order valence-electron chi connectivity index (χ3n) is 27.1. The van der Waals surface area contributed by atoms with Gasteiger partial charge in [-0.1, -0.05) is 379 Å². The summed E-state index contributed by atoms with van der Waals surface area (Å²) in [7, 11) is 0. The molecule has 0 atom stereocenters. The average Bonchev–Trinajstić information content (AvgIpc) is 1.56. The Morgan fingerprint density at radius 2 is 0.450 bits per heavy atom. The van der Waals surface area contributed by atoms with Crippen LogP contribution in [0.25, 0.3) is 111 Å². The number of benzene rings is 11. The fourth-order valence-corrected chi connectivity index (χ4v) is 20.8. The fraction of sp³-hybridized carbons (Fsp3) is 0.389. The summed E-state index contributed by atoms with van der Waals surface area (Å²) in [5.41, 5.74) is 40.7. The van der Waals surface area contributed by atoms with Crippen molar-refractivity contribution in [3.8, 4) is 111 Å². The van der Waals surface area contributed by atoms with Gasteiger partial charge in [-0.05, 0) is 261 Å². The van der Waals surface area contributed by atoms with Crippen LogP contribution >= 0.6 is 11.6 Å². The van der Waals surface area contributed by atoms with E-state index in [-0.39, 0.29) is 21.7 Å². The third-order valence-corrected chi connectivity index (χ3v) is 27.5. The van der Waals surface area contributed by atoms with Gasteiger partial charge in [0.15, 0.2) is 0 Å². The Hall–Kier alpha value is -8.29. The number of hydrogen-bond donors (Lipinski definition) is 0. The molecule has 0 nitrogen and oxygen atoms in total. The van der Waals surface area contributed by atoms with Crippen molar-refractivity contribution < 1.29 is 0 Å². The molecule has 0 heterocycles. The molecule has 0 unspecified atom stereocenters. The number of rotatable bonds is 34. The van der Waals surface area contributed by atoms with Crippen molar-refractivity contribution in [1.82, 2.24) is 0 Å². The van der Waals surface area contributed by atoms with Crippen molar-refractivity contribution in [1.29, 1.82) is 0 Å². The third kappa shape index (κ3) is 14.8. The number of hydrogen-bond acceptors (Lipinski definition) is 0. The minimum Gasteiger partial charge on any atom is -0.0840 e. The highest BCUT2D eigenvalue weighted by atomic mass is 35.5. The smallest absolute Gasteiger partial charge is 0.0438 e. The molecule has 11 aromatic rings. The summed E-state index contributed by atoms with van der Waals surface area (Å²) in [4.78, 5) is 0. The molecule has 11 aromatic carbocycles. The zero-order valence-corrected chi connectivity index (χ0v) is 68.6. The highest BCUT2D eigenvalue weighted by Crippen LogP contribution is 2.59. The molecular weight excluding hydrogens is 1330 g/mol. The molecule has 0 amide bonds. The first kappa shape index (κ1) is 76.1. The monoisotopic (exact) mass is 1450 g/mol. The van der Waals surface area contributed by atoms with Crippen LogP contribution in [0.15, 0.2) is 212 Å². The van der Waals surface area contributed by atoms with E-state index in [9.17, 15) is 0 Å². The highest BCUT2D eigenvalue weighted by molar-refractivity contribution is 6.31. The Morgan fingerprint density at radius 1 is 0.211 bits per heavy atom. The van der Waals surface area contributed by atoms with E-state index < -0.39 is 0 Å². The number of halogens is 1. The van der Waals surface area contributed by atoms with Crippen molar-refractivity contribution >= 4 is 11.6 Å². The van der Waals surface area contributed by atoms with Gasteiger partial charge in [-0.25, -0.2) is 0 Å². The molecule has 0 aromatic heterocycles. The van der Waals surface area contributed by atoms with Gasteiger partial charge in [0.1, 0.15) is 0 Å². The summed E-state index contributed by atoms with van der Waals surface area (Å²) in [6.07, 6.45) is 36.4. The van der Waals surface area contributed by atoms with E-state index in [1.165, 1.54) is 319 Å². The van der Waals surface area contributed by atoms with Gasteiger partial charge < -0.3 is 0 Å². The molecule has 0 N–H and O–H groups in total. The van der Waals surface area contributed by atoms with Gasteiger partial charge >= 0.3 is 0 Å². The van der Waals surface area contributed by atoms with Crippen LogP contribution in [0.5, 0.6) is 0 Å². The van der Waals surface area contributed by atoms with Crippen molar-refractivity contribution in [2.45, 2.75) is 271 Å². The molecule has 0 bridgehead atoms. The molecule has 0 saturated heterocycles. The van der Waals surface area contributed by atoms with Crippen LogP contribution in [-0.4, -0.2) is 0 Å². The second kappa shape index (κ2) is 33.0. The average molecular weight is 1450 g/mol. The van der Waals surface area contributed by atoms with Crippen molar-refractivity contribution in [3.63, 3.8) is 0 Å². The maximum Gasteiger partial charge on any atom is 0.0438 e. The molecule has 4 aliphatic rings. The summed E-state index contributed by atoms with van der Waals surface area (Å²) in [6.45, 7) is 23.4. The minimum absolute atomic E-state index is 0.0600. The van der Waals surface area contributed by atoms with Crippen LogP contribution in [0.1, 0.15) is 291 Å². The zero-order valence-electron chi connectivity index (χ0n) is 67.9. The SMILES string of the molecule is CCCCCCCCC1(CCCCCCCC)c2ccccc2-c2ccc(-c3ccc4c(c3)C(C)(C)c3cc(-c5ccc(-c6ccc7c(c6)C(CCCCCCCC)(CCCCCCCC)c6cc(-c8ccc9c(c8)C(C)(C)c8cc(-c%10ccc(-c%11cc(C)c(Cl)cc%11C)cc%10)ccc8-9)ccc6-7)cc5)ccc3-4)cc21. The van der Waals surface area contributed by atoms with E-state index >= 15 is 0 Å². The predicted molar refractivity (Wildman–Crippen MR) is 473 cm³/mol. The molecule has 0 fully saturated rings. The molecule has 1 heteroatoms. The molecule has 0 saturated carbocycles. The van der Waals surface area contributed by atoms with Gasteiger partial charge in [0.25, 0.3) is 0 Å². The number of fused-ring (bicyclic) bond motifs is 12. The summed E-state index contributed by atoms with van der Waals surface area (Å²) in [6, 6.07) is 84.9. The maximum atomic E-state index is 6.53. The predicted octanol–water partition coefficient (Wildman–Crippen LogP) is 33.1. The highest BCUT2D eigenvalue weighted by Gasteiger charge is 2.45. The first-order valence-electron chi connectivity index (χ1n) is 43.2. The molecule has 4 aliphatic carbocycles. The van der Waals surface area contributed by atoms with E-state index in [4.69, 9.17) is 11.6 Å². The van der Waals surface area contributed by atoms with E-state index in [1.54, 1.807) is 22.3 Å². The second-order valence-corrected chi connectivity index (χ2v) is 35.3. The number of aryl methyl sites for hydroxylation is 2. The fourth-order valence-electron chi connectivity index (χ4n) is 20.6. The molecular formula is C108H121Cl. The molecule has 0 radical (unpaired) electrons. The van der Waals surface area contributed by atoms with Crippen LogP contribution < -0.4 is 0 Å². The Balaban J connectivity index is 0.708. The maximum absolute atomic E-state index is 6.53. The van der Waals surface area contributed by atoms with E-state index in [1.807, 2.05) is 0 Å². The lowest BCUT2D eigenvalue weighted by Crippen LogP contribution is -2.25. The van der Waals surface area contributed by atoms with Gasteiger partial charge in [0.05, 0.1) is 0 Å². The van der Waals surface area contributed by atoms with Gasteiger partial charge in [0, 0.05) is 26.7 Å². The minimum atomic E-state index is -0.168. The Kier molecular flexibility index (Phi) is 23.0. The van der Waals surface area contributed by atoms with Gasteiger partial charge in [-0.15, -0.1) is 0 Å². The first-order chi connectivity index (χ1) is 53.1. The summed E-state index contributed by atoms with van der Waals surface area (Å²) >= 11 is 6.53. The first-order valence-corrected chi connectivity index (χ1v) is 43.6. The standard InChI is InChI=1S/C108H121Cl/c1-11-15-19-23-27-33-61-107(62-34-28-24-20-16-12-2)96-38-32-31-37-87(96)92-59-52-85(72-101(92)107)83-50-56-90-88-54-47-80(67-97(88)105(7,8)99(90)69-83)76-39-41-77(42-40-76)82-49-58-93-94-60-53-86(73-103(94)108(102(93)71-82,63-35-29-25-21-17-13-3)64-36-30-26-22-18-14-4)84-51-57-91-89-55-48-81(68-98(89)106(9,10)100(91)70-84)78-43-45-79(46-44-78)95-65-75(6)104(109)66-74(95)5/h31-32,37-60,65-73H,11-30,33-36,61-64H2,1-10H3. The summed E-state index contributed by atoms with van der Waals surface area (Å²) in [5, 5.41) is 0.824. The van der Waals surface area contributed by atoms with Gasteiger partial charge in [-0.2, -0.15) is 0 Å². The molecule has 560 valence electrons. The lowest BCUT2D eigenvalue weighted by Gasteiger charge is -2.33. The largest absolute Gasteiger partial charge is 0.0840 e. The lowest BCUT2D eigenvalue weighted by molar-refractivity contribution is 0.398. The van der Waals surface area contributed by atoms with Crippen LogP contribution in [0.3, 0.4) is 0 Å². The molecule has 15 rings (SSSR count). The van der Waals surface area contributed by atoms with E-state index in [2.05, 4.69) is 282 Å². The Labute approximate surface area is 662 Å².